The second-order valence-corrected chi connectivity index (χ2v) is 13.4. The third kappa shape index (κ3) is 3.62. The standard InChI is InChI=1S/C29H44O5/c1-15(2)27(32)25-11-16(3)26-24(34-25)14-21-19-13-23(31)22-12-18(33-17(4)30)7-9-28(22,5)20(19)8-10-29(21,26)6/h15-16,18-22,24-26H,7-14H2,1-6H3. The normalized spacial score (nSPS) is 50.1. The minimum atomic E-state index is -0.262. The molecule has 4 saturated carbocycles. The number of ketones is 2. The third-order valence-corrected chi connectivity index (χ3v) is 11.3. The lowest BCUT2D eigenvalue weighted by Crippen LogP contribution is -2.57. The zero-order valence-corrected chi connectivity index (χ0v) is 22.0. The average Bonchev–Trinajstić information content (AvgIpc) is 3.07. The van der Waals surface area contributed by atoms with Crippen molar-refractivity contribution in [3.63, 3.8) is 0 Å². The average molecular weight is 473 g/mol. The van der Waals surface area contributed by atoms with Crippen LogP contribution < -0.4 is 0 Å². The SMILES string of the molecule is CC(=O)OC1CCC2(C)C(C1)C(=O)CC1C2CCC2(C)C1CC1OC(C(=O)C(C)C)CC(C)C12. The highest BCUT2D eigenvalue weighted by atomic mass is 16.5. The molecule has 0 aromatic rings. The van der Waals surface area contributed by atoms with Crippen molar-refractivity contribution in [3.05, 3.63) is 0 Å². The molecule has 0 aromatic carbocycles. The van der Waals surface area contributed by atoms with Crippen LogP contribution in [-0.4, -0.2) is 35.8 Å². The van der Waals surface area contributed by atoms with Gasteiger partial charge in [0.15, 0.2) is 5.78 Å². The van der Waals surface area contributed by atoms with E-state index in [4.69, 9.17) is 9.47 Å². The van der Waals surface area contributed by atoms with Crippen molar-refractivity contribution < 1.29 is 23.9 Å². The van der Waals surface area contributed by atoms with Crippen LogP contribution in [0, 0.1) is 52.3 Å². The summed E-state index contributed by atoms with van der Waals surface area (Å²) in [6.45, 7) is 12.6. The minimum absolute atomic E-state index is 0.00681. The first-order valence-electron chi connectivity index (χ1n) is 13.8. The molecular weight excluding hydrogens is 428 g/mol. The fourth-order valence-electron chi connectivity index (χ4n) is 9.84. The van der Waals surface area contributed by atoms with Gasteiger partial charge < -0.3 is 9.47 Å². The second-order valence-electron chi connectivity index (χ2n) is 13.4. The number of fused-ring (bicyclic) bond motifs is 7. The van der Waals surface area contributed by atoms with Crippen molar-refractivity contribution in [3.8, 4) is 0 Å². The summed E-state index contributed by atoms with van der Waals surface area (Å²) in [5.74, 6) is 2.83. The summed E-state index contributed by atoms with van der Waals surface area (Å²) in [7, 11) is 0. The molecule has 0 radical (unpaired) electrons. The summed E-state index contributed by atoms with van der Waals surface area (Å²) in [6, 6.07) is 0. The molecule has 0 bridgehead atoms. The van der Waals surface area contributed by atoms with Crippen LogP contribution in [-0.2, 0) is 23.9 Å². The lowest BCUT2D eigenvalue weighted by molar-refractivity contribution is -0.171. The van der Waals surface area contributed by atoms with Crippen molar-refractivity contribution in [1.29, 1.82) is 0 Å². The molecule has 5 rings (SSSR count). The summed E-state index contributed by atoms with van der Waals surface area (Å²) in [6.07, 6.45) is 7.19. The maximum atomic E-state index is 13.6. The van der Waals surface area contributed by atoms with Gasteiger partial charge in [0.1, 0.15) is 18.0 Å². The molecule has 0 aromatic heterocycles. The minimum Gasteiger partial charge on any atom is -0.463 e. The third-order valence-electron chi connectivity index (χ3n) is 11.3. The number of Topliss-reactive ketones (excluding diaryl/α,β-unsaturated/α-hetero) is 2. The van der Waals surface area contributed by atoms with Crippen LogP contribution >= 0.6 is 0 Å². The van der Waals surface area contributed by atoms with E-state index in [1.807, 2.05) is 13.8 Å². The fourth-order valence-corrected chi connectivity index (χ4v) is 9.84. The van der Waals surface area contributed by atoms with Crippen molar-refractivity contribution in [2.45, 2.75) is 111 Å². The van der Waals surface area contributed by atoms with E-state index in [0.717, 1.165) is 25.7 Å². The van der Waals surface area contributed by atoms with Gasteiger partial charge >= 0.3 is 5.97 Å². The first-order chi connectivity index (χ1) is 16.0. The number of hydrogen-bond acceptors (Lipinski definition) is 5. The number of rotatable bonds is 3. The smallest absolute Gasteiger partial charge is 0.302 e. The quantitative estimate of drug-likeness (QED) is 0.516. The Morgan fingerprint density at radius 1 is 1.03 bits per heavy atom. The molecule has 0 spiro atoms. The molecule has 1 saturated heterocycles. The highest BCUT2D eigenvalue weighted by molar-refractivity contribution is 5.85. The van der Waals surface area contributed by atoms with Gasteiger partial charge in [0.25, 0.3) is 0 Å². The first kappa shape index (κ1) is 24.5. The molecule has 4 aliphatic carbocycles. The molecule has 5 fully saturated rings. The highest BCUT2D eigenvalue weighted by Crippen LogP contribution is 2.69. The molecule has 1 aliphatic heterocycles. The summed E-state index contributed by atoms with van der Waals surface area (Å²) in [5.41, 5.74) is 0.198. The topological polar surface area (TPSA) is 69.7 Å². The number of ether oxygens (including phenoxy) is 2. The van der Waals surface area contributed by atoms with E-state index in [2.05, 4.69) is 20.8 Å². The number of esters is 1. The molecule has 1 heterocycles. The van der Waals surface area contributed by atoms with Crippen LogP contribution in [0.2, 0.25) is 0 Å². The van der Waals surface area contributed by atoms with Crippen LogP contribution in [0.25, 0.3) is 0 Å². The van der Waals surface area contributed by atoms with Gasteiger partial charge in [0.2, 0.25) is 0 Å². The van der Waals surface area contributed by atoms with Gasteiger partial charge in [-0.05, 0) is 85.4 Å². The summed E-state index contributed by atoms with van der Waals surface area (Å²) < 4.78 is 12.1. The van der Waals surface area contributed by atoms with Crippen LogP contribution in [0.15, 0.2) is 0 Å². The van der Waals surface area contributed by atoms with E-state index in [9.17, 15) is 14.4 Å². The number of carbonyl (C=O) groups excluding carboxylic acids is 3. The van der Waals surface area contributed by atoms with Crippen molar-refractivity contribution in [1.82, 2.24) is 0 Å². The predicted octanol–water partition coefficient (Wildman–Crippen LogP) is 5.38. The van der Waals surface area contributed by atoms with Gasteiger partial charge in [-0.1, -0.05) is 34.6 Å². The zero-order chi connectivity index (χ0) is 24.6. The zero-order valence-electron chi connectivity index (χ0n) is 22.0. The fraction of sp³-hybridized carbons (Fsp3) is 0.897. The van der Waals surface area contributed by atoms with E-state index >= 15 is 0 Å². The Bertz CT molecular complexity index is 865. The molecule has 190 valence electrons. The molecule has 34 heavy (non-hydrogen) atoms. The van der Waals surface area contributed by atoms with Crippen LogP contribution in [0.1, 0.15) is 92.9 Å². The Morgan fingerprint density at radius 3 is 2.41 bits per heavy atom. The van der Waals surface area contributed by atoms with Gasteiger partial charge in [-0.3, -0.25) is 14.4 Å². The lowest BCUT2D eigenvalue weighted by atomic mass is 9.44. The second kappa shape index (κ2) is 8.42. The van der Waals surface area contributed by atoms with Crippen LogP contribution in [0.3, 0.4) is 0 Å². The van der Waals surface area contributed by atoms with E-state index < -0.39 is 0 Å². The van der Waals surface area contributed by atoms with E-state index in [-0.39, 0.29) is 52.7 Å². The van der Waals surface area contributed by atoms with Crippen LogP contribution in [0.5, 0.6) is 0 Å². The molecule has 11 atom stereocenters. The molecular formula is C29H44O5. The maximum Gasteiger partial charge on any atom is 0.302 e. The van der Waals surface area contributed by atoms with E-state index in [0.29, 0.717) is 48.2 Å². The Kier molecular flexibility index (Phi) is 6.06. The van der Waals surface area contributed by atoms with Gasteiger partial charge in [0.05, 0.1) is 6.10 Å². The van der Waals surface area contributed by atoms with Gasteiger partial charge in [-0.25, -0.2) is 0 Å². The Balaban J connectivity index is 1.39. The van der Waals surface area contributed by atoms with E-state index in [1.165, 1.54) is 19.8 Å². The summed E-state index contributed by atoms with van der Waals surface area (Å²) >= 11 is 0. The molecule has 5 heteroatoms. The highest BCUT2D eigenvalue weighted by Gasteiger charge is 2.66. The summed E-state index contributed by atoms with van der Waals surface area (Å²) in [5, 5.41) is 0. The van der Waals surface area contributed by atoms with Crippen molar-refractivity contribution >= 4 is 17.5 Å². The Morgan fingerprint density at radius 2 is 1.74 bits per heavy atom. The summed E-state index contributed by atoms with van der Waals surface area (Å²) in [4.78, 5) is 37.9. The van der Waals surface area contributed by atoms with Gasteiger partial charge in [0, 0.05) is 25.2 Å². The van der Waals surface area contributed by atoms with Crippen molar-refractivity contribution in [2.24, 2.45) is 52.3 Å². The monoisotopic (exact) mass is 472 g/mol. The number of carbonyl (C=O) groups is 3. The van der Waals surface area contributed by atoms with Crippen molar-refractivity contribution in [2.75, 3.05) is 0 Å². The molecule has 0 amide bonds. The largest absolute Gasteiger partial charge is 0.463 e. The Hall–Kier alpha value is -1.23. The van der Waals surface area contributed by atoms with Gasteiger partial charge in [-0.15, -0.1) is 0 Å². The van der Waals surface area contributed by atoms with Gasteiger partial charge in [-0.2, -0.15) is 0 Å². The maximum absolute atomic E-state index is 13.6. The van der Waals surface area contributed by atoms with E-state index in [1.54, 1.807) is 0 Å². The van der Waals surface area contributed by atoms with Crippen LogP contribution in [0.4, 0.5) is 0 Å². The molecule has 0 N–H and O–H groups in total. The lowest BCUT2D eigenvalue weighted by Gasteiger charge is -2.60. The first-order valence-corrected chi connectivity index (χ1v) is 13.8. The Labute approximate surface area is 205 Å². The number of hydrogen-bond donors (Lipinski definition) is 0. The molecule has 5 aliphatic rings. The molecule has 5 nitrogen and oxygen atoms in total. The predicted molar refractivity (Wildman–Crippen MR) is 129 cm³/mol. The molecule has 11 unspecified atom stereocenters.